The van der Waals surface area contributed by atoms with Crippen molar-refractivity contribution in [3.8, 4) is 28.4 Å². The average Bonchev–Trinajstić information content (AvgIpc) is 3.23. The maximum absolute atomic E-state index is 12.7. The number of methoxy groups -OCH3 is 1. The summed E-state index contributed by atoms with van der Waals surface area (Å²) in [6.45, 7) is 0.365. The molecule has 0 spiro atoms. The molecular formula is C45H42N2O6S. The standard InChI is InChI=1S/C45H42N2O6S/c1-50-41-12-5-6-13-43(41)54-30-40-27-42(34-16-14-31(29-48)15-17-34)53-44(52-40)35-20-18-33(19-21-35)36-9-7-8-32(26-36)28-46-45(49)47-37-22-24-39(25-23-37)51-38-10-3-2-4-11-38/h2-26,40,42,44,48H,27-30H2,1H3,(H2,46,47,49). The molecule has 8 nitrogen and oxygen atoms in total. The fourth-order valence-electron chi connectivity index (χ4n) is 6.23. The van der Waals surface area contributed by atoms with Gasteiger partial charge in [0.15, 0.2) is 6.29 Å². The number of aliphatic hydroxyl groups excluding tert-OH is 1. The van der Waals surface area contributed by atoms with Gasteiger partial charge in [-0.3, -0.25) is 0 Å². The van der Waals surface area contributed by atoms with Crippen LogP contribution < -0.4 is 20.1 Å². The molecule has 6 aromatic rings. The maximum Gasteiger partial charge on any atom is 0.319 e. The van der Waals surface area contributed by atoms with E-state index in [2.05, 4.69) is 53.1 Å². The number of ether oxygens (including phenoxy) is 4. The molecule has 3 unspecified atom stereocenters. The van der Waals surface area contributed by atoms with Crippen LogP contribution in [-0.2, 0) is 22.6 Å². The highest BCUT2D eigenvalue weighted by Crippen LogP contribution is 2.41. The van der Waals surface area contributed by atoms with Gasteiger partial charge in [0.05, 0.1) is 25.9 Å². The summed E-state index contributed by atoms with van der Waals surface area (Å²) in [5, 5.41) is 15.4. The predicted molar refractivity (Wildman–Crippen MR) is 213 cm³/mol. The predicted octanol–water partition coefficient (Wildman–Crippen LogP) is 10.3. The first-order valence-electron chi connectivity index (χ1n) is 17.9. The van der Waals surface area contributed by atoms with Crippen LogP contribution in [0.15, 0.2) is 157 Å². The van der Waals surface area contributed by atoms with E-state index in [0.717, 1.165) is 55.5 Å². The van der Waals surface area contributed by atoms with Crippen molar-refractivity contribution in [3.05, 3.63) is 174 Å². The Hall–Kier alpha value is -5.58. The summed E-state index contributed by atoms with van der Waals surface area (Å²) >= 11 is 1.71. The van der Waals surface area contributed by atoms with Crippen molar-refractivity contribution in [2.45, 2.75) is 43.0 Å². The highest BCUT2D eigenvalue weighted by atomic mass is 32.2. The van der Waals surface area contributed by atoms with Gasteiger partial charge in [-0.25, -0.2) is 4.79 Å². The molecule has 1 saturated heterocycles. The van der Waals surface area contributed by atoms with Crippen molar-refractivity contribution in [1.82, 2.24) is 5.32 Å². The summed E-state index contributed by atoms with van der Waals surface area (Å²) in [6, 6.07) is 48.8. The Morgan fingerprint density at radius 1 is 0.741 bits per heavy atom. The number of aliphatic hydroxyl groups is 1. The molecule has 54 heavy (non-hydrogen) atoms. The monoisotopic (exact) mass is 738 g/mol. The van der Waals surface area contributed by atoms with Gasteiger partial charge in [0.25, 0.3) is 0 Å². The molecule has 2 amide bonds. The molecule has 9 heteroatoms. The largest absolute Gasteiger partial charge is 0.496 e. The summed E-state index contributed by atoms with van der Waals surface area (Å²) < 4.78 is 24.6. The Morgan fingerprint density at radius 2 is 1.46 bits per heavy atom. The topological polar surface area (TPSA) is 98.3 Å². The van der Waals surface area contributed by atoms with Crippen LogP contribution in [0.4, 0.5) is 10.5 Å². The fraction of sp³-hybridized carbons (Fsp3) is 0.178. The van der Waals surface area contributed by atoms with E-state index in [1.807, 2.05) is 109 Å². The third-order valence-electron chi connectivity index (χ3n) is 9.10. The number of anilines is 1. The molecule has 1 fully saturated rings. The average molecular weight is 739 g/mol. The molecule has 0 saturated carbocycles. The lowest BCUT2D eigenvalue weighted by Gasteiger charge is -2.36. The molecule has 0 bridgehead atoms. The molecule has 274 valence electrons. The van der Waals surface area contributed by atoms with Gasteiger partial charge in [-0.05, 0) is 82.4 Å². The van der Waals surface area contributed by atoms with Crippen LogP contribution in [0, 0.1) is 0 Å². The van der Waals surface area contributed by atoms with E-state index in [1.165, 1.54) is 0 Å². The van der Waals surface area contributed by atoms with Gasteiger partial charge < -0.3 is 34.7 Å². The zero-order valence-electron chi connectivity index (χ0n) is 29.9. The number of carbonyl (C=O) groups excluding carboxylic acids is 1. The summed E-state index contributed by atoms with van der Waals surface area (Å²) in [5.74, 6) is 3.02. The van der Waals surface area contributed by atoms with Crippen LogP contribution in [-0.4, -0.2) is 30.1 Å². The van der Waals surface area contributed by atoms with Gasteiger partial charge in [-0.15, -0.1) is 11.8 Å². The number of hydrogen-bond acceptors (Lipinski definition) is 7. The molecule has 6 aromatic carbocycles. The Kier molecular flexibility index (Phi) is 12.2. The molecular weight excluding hydrogens is 697 g/mol. The molecule has 1 heterocycles. The summed E-state index contributed by atoms with van der Waals surface area (Å²) in [7, 11) is 1.69. The normalized spacial score (nSPS) is 16.7. The van der Waals surface area contributed by atoms with E-state index >= 15 is 0 Å². The minimum absolute atomic E-state index is 0.00157. The van der Waals surface area contributed by atoms with Crippen LogP contribution >= 0.6 is 11.8 Å². The first-order valence-corrected chi connectivity index (χ1v) is 18.8. The van der Waals surface area contributed by atoms with Crippen LogP contribution in [0.5, 0.6) is 17.2 Å². The quantitative estimate of drug-likeness (QED) is 0.102. The maximum atomic E-state index is 12.7. The van der Waals surface area contributed by atoms with Crippen LogP contribution in [0.1, 0.15) is 41.1 Å². The van der Waals surface area contributed by atoms with E-state index in [0.29, 0.717) is 24.4 Å². The second kappa shape index (κ2) is 18.0. The summed E-state index contributed by atoms with van der Waals surface area (Å²) in [4.78, 5) is 13.8. The van der Waals surface area contributed by atoms with E-state index in [4.69, 9.17) is 18.9 Å². The fourth-order valence-corrected chi connectivity index (χ4v) is 7.27. The number of urea groups is 1. The minimum Gasteiger partial charge on any atom is -0.496 e. The first kappa shape index (κ1) is 36.8. The Labute approximate surface area is 320 Å². The van der Waals surface area contributed by atoms with Gasteiger partial charge >= 0.3 is 6.03 Å². The molecule has 0 radical (unpaired) electrons. The smallest absolute Gasteiger partial charge is 0.319 e. The third-order valence-corrected chi connectivity index (χ3v) is 10.3. The van der Waals surface area contributed by atoms with E-state index in [1.54, 1.807) is 18.9 Å². The second-order valence-electron chi connectivity index (χ2n) is 12.9. The summed E-state index contributed by atoms with van der Waals surface area (Å²) in [6.07, 6.45) is -0.103. The number of benzene rings is 6. The molecule has 3 atom stereocenters. The molecule has 3 N–H and O–H groups in total. The summed E-state index contributed by atoms with van der Waals surface area (Å²) in [5.41, 5.74) is 6.56. The highest BCUT2D eigenvalue weighted by Gasteiger charge is 2.32. The SMILES string of the molecule is COc1ccccc1SCC1CC(c2ccc(CO)cc2)OC(c2ccc(-c3cccc(CNC(=O)Nc4ccc(Oc5ccccc5)cc4)c3)cc2)O1. The molecule has 0 aromatic heterocycles. The number of thioether (sulfide) groups is 1. The van der Waals surface area contributed by atoms with Gasteiger partial charge in [0.2, 0.25) is 0 Å². The van der Waals surface area contributed by atoms with Gasteiger partial charge in [0, 0.05) is 34.9 Å². The minimum atomic E-state index is -0.555. The lowest BCUT2D eigenvalue weighted by Crippen LogP contribution is -2.31. The van der Waals surface area contributed by atoms with E-state index < -0.39 is 6.29 Å². The van der Waals surface area contributed by atoms with Gasteiger partial charge in [-0.2, -0.15) is 0 Å². The lowest BCUT2D eigenvalue weighted by molar-refractivity contribution is -0.245. The zero-order chi connectivity index (χ0) is 37.1. The van der Waals surface area contributed by atoms with Crippen molar-refractivity contribution >= 4 is 23.5 Å². The number of para-hydroxylation sites is 2. The number of hydrogen-bond donors (Lipinski definition) is 3. The van der Waals surface area contributed by atoms with Gasteiger partial charge in [0.1, 0.15) is 17.2 Å². The molecule has 1 aliphatic rings. The lowest BCUT2D eigenvalue weighted by atomic mass is 9.99. The van der Waals surface area contributed by atoms with Crippen molar-refractivity contribution < 1.29 is 28.8 Å². The number of nitrogens with one attached hydrogen (secondary N) is 2. The number of rotatable bonds is 13. The Balaban J connectivity index is 0.978. The van der Waals surface area contributed by atoms with Crippen molar-refractivity contribution in [2.24, 2.45) is 0 Å². The second-order valence-corrected chi connectivity index (χ2v) is 13.9. The van der Waals surface area contributed by atoms with Crippen molar-refractivity contribution in [3.63, 3.8) is 0 Å². The Morgan fingerprint density at radius 3 is 2.22 bits per heavy atom. The van der Waals surface area contributed by atoms with E-state index in [9.17, 15) is 9.90 Å². The van der Waals surface area contributed by atoms with Crippen molar-refractivity contribution in [1.29, 1.82) is 0 Å². The zero-order valence-corrected chi connectivity index (χ0v) is 30.7. The molecule has 0 aliphatic carbocycles. The Bertz CT molecular complexity index is 2110. The first-order chi connectivity index (χ1) is 26.5. The van der Waals surface area contributed by atoms with Crippen LogP contribution in [0.3, 0.4) is 0 Å². The highest BCUT2D eigenvalue weighted by molar-refractivity contribution is 7.99. The number of carbonyl (C=O) groups is 1. The third kappa shape index (κ3) is 9.69. The number of amides is 2. The van der Waals surface area contributed by atoms with Gasteiger partial charge in [-0.1, -0.05) is 97.1 Å². The van der Waals surface area contributed by atoms with Crippen LogP contribution in [0.25, 0.3) is 11.1 Å². The van der Waals surface area contributed by atoms with Crippen LogP contribution in [0.2, 0.25) is 0 Å². The van der Waals surface area contributed by atoms with Crippen molar-refractivity contribution in [2.75, 3.05) is 18.2 Å². The van der Waals surface area contributed by atoms with E-state index in [-0.39, 0.29) is 24.8 Å². The molecule has 1 aliphatic heterocycles. The molecule has 7 rings (SSSR count).